The number of anilines is 2. The standard InChI is InChI=1S/C24H24N4O3S2/c1-5-30-21-12-7-6-10-19(21)22-26-27-24(31-22)33-14-18-13-32-23(25-18)28(17(4)29)20-11-8-9-15(2)16(20)3/h6-13H,5,14H2,1-4H3. The number of para-hydroxylation sites is 1. The summed E-state index contributed by atoms with van der Waals surface area (Å²) in [6, 6.07) is 13.5. The van der Waals surface area contributed by atoms with Gasteiger partial charge in [0, 0.05) is 18.1 Å². The second-order valence-corrected chi connectivity index (χ2v) is 9.05. The molecule has 0 fully saturated rings. The zero-order valence-corrected chi connectivity index (χ0v) is 20.5. The van der Waals surface area contributed by atoms with Crippen LogP contribution in [0.3, 0.4) is 0 Å². The molecule has 9 heteroatoms. The molecule has 0 saturated carbocycles. The molecule has 0 spiro atoms. The second kappa shape index (κ2) is 10.2. The summed E-state index contributed by atoms with van der Waals surface area (Å²) < 4.78 is 11.5. The Bertz CT molecular complexity index is 1270. The average molecular weight is 481 g/mol. The molecule has 0 saturated heterocycles. The molecule has 0 aliphatic rings. The van der Waals surface area contributed by atoms with E-state index in [0.717, 1.165) is 28.1 Å². The lowest BCUT2D eigenvalue weighted by Crippen LogP contribution is -2.23. The van der Waals surface area contributed by atoms with Gasteiger partial charge in [-0.1, -0.05) is 36.0 Å². The van der Waals surface area contributed by atoms with Gasteiger partial charge in [0.25, 0.3) is 11.1 Å². The van der Waals surface area contributed by atoms with Crippen LogP contribution in [0.5, 0.6) is 5.75 Å². The van der Waals surface area contributed by atoms with Crippen molar-refractivity contribution in [1.82, 2.24) is 15.2 Å². The van der Waals surface area contributed by atoms with Crippen LogP contribution in [-0.2, 0) is 10.5 Å². The maximum absolute atomic E-state index is 12.5. The number of amides is 1. The number of hydrogen-bond donors (Lipinski definition) is 0. The summed E-state index contributed by atoms with van der Waals surface area (Å²) in [6.07, 6.45) is 0. The first kappa shape index (κ1) is 23.0. The molecule has 0 unspecified atom stereocenters. The predicted molar refractivity (Wildman–Crippen MR) is 131 cm³/mol. The summed E-state index contributed by atoms with van der Waals surface area (Å²) in [5, 5.41) is 11.4. The van der Waals surface area contributed by atoms with Gasteiger partial charge >= 0.3 is 0 Å². The fraction of sp³-hybridized carbons (Fsp3) is 0.250. The van der Waals surface area contributed by atoms with Crippen molar-refractivity contribution in [2.45, 2.75) is 38.7 Å². The third-order valence-corrected chi connectivity index (χ3v) is 6.76. The van der Waals surface area contributed by atoms with Crippen molar-refractivity contribution < 1.29 is 13.9 Å². The molecule has 4 rings (SSSR count). The average Bonchev–Trinajstić information content (AvgIpc) is 3.46. The highest BCUT2D eigenvalue weighted by Crippen LogP contribution is 2.35. The Balaban J connectivity index is 1.49. The lowest BCUT2D eigenvalue weighted by molar-refractivity contribution is -0.115. The van der Waals surface area contributed by atoms with Gasteiger partial charge in [0.15, 0.2) is 5.13 Å². The van der Waals surface area contributed by atoms with Crippen LogP contribution in [0, 0.1) is 13.8 Å². The maximum atomic E-state index is 12.5. The summed E-state index contributed by atoms with van der Waals surface area (Å²) in [6.45, 7) is 8.09. The van der Waals surface area contributed by atoms with Crippen LogP contribution in [0.4, 0.5) is 10.8 Å². The molecular weight excluding hydrogens is 456 g/mol. The predicted octanol–water partition coefficient (Wildman–Crippen LogP) is 6.19. The minimum Gasteiger partial charge on any atom is -0.493 e. The van der Waals surface area contributed by atoms with E-state index in [2.05, 4.69) is 10.2 Å². The molecule has 1 amide bonds. The molecule has 4 aromatic rings. The van der Waals surface area contributed by atoms with E-state index in [1.54, 1.807) is 11.8 Å². The van der Waals surface area contributed by atoms with Gasteiger partial charge in [-0.25, -0.2) is 4.98 Å². The zero-order chi connectivity index (χ0) is 23.4. The topological polar surface area (TPSA) is 81.4 Å². The molecule has 7 nitrogen and oxygen atoms in total. The van der Waals surface area contributed by atoms with Gasteiger partial charge < -0.3 is 9.15 Å². The van der Waals surface area contributed by atoms with Crippen LogP contribution >= 0.6 is 23.1 Å². The number of aromatic nitrogens is 3. The van der Waals surface area contributed by atoms with Gasteiger partial charge in [-0.15, -0.1) is 21.5 Å². The second-order valence-electron chi connectivity index (χ2n) is 7.29. The first-order chi connectivity index (χ1) is 16.0. The third-order valence-electron chi connectivity index (χ3n) is 5.03. The van der Waals surface area contributed by atoms with Crippen molar-refractivity contribution in [3.63, 3.8) is 0 Å². The number of carbonyl (C=O) groups is 1. The number of carbonyl (C=O) groups excluding carboxylic acids is 1. The van der Waals surface area contributed by atoms with Crippen molar-refractivity contribution in [2.24, 2.45) is 0 Å². The van der Waals surface area contributed by atoms with Crippen molar-refractivity contribution in [1.29, 1.82) is 0 Å². The molecule has 2 aromatic heterocycles. The molecular formula is C24H24N4O3S2. The number of ether oxygens (including phenoxy) is 1. The van der Waals surface area contributed by atoms with Crippen LogP contribution in [0.25, 0.3) is 11.5 Å². The smallest absolute Gasteiger partial charge is 0.277 e. The van der Waals surface area contributed by atoms with Crippen LogP contribution in [0.15, 0.2) is 57.5 Å². The van der Waals surface area contributed by atoms with Crippen LogP contribution in [0.2, 0.25) is 0 Å². The van der Waals surface area contributed by atoms with E-state index in [1.165, 1.54) is 23.1 Å². The number of benzene rings is 2. The van der Waals surface area contributed by atoms with E-state index >= 15 is 0 Å². The van der Waals surface area contributed by atoms with Gasteiger partial charge in [-0.05, 0) is 50.1 Å². The molecule has 33 heavy (non-hydrogen) atoms. The van der Waals surface area contributed by atoms with E-state index in [1.807, 2.05) is 68.6 Å². The SMILES string of the molecule is CCOc1ccccc1-c1nnc(SCc2csc(N(C(C)=O)c3cccc(C)c3C)n2)o1. The minimum absolute atomic E-state index is 0.0771. The molecule has 2 aromatic carbocycles. The highest BCUT2D eigenvalue weighted by atomic mass is 32.2. The Labute approximate surface area is 200 Å². The number of rotatable bonds is 8. The monoisotopic (exact) mass is 480 g/mol. The van der Waals surface area contributed by atoms with E-state index in [0.29, 0.717) is 34.4 Å². The van der Waals surface area contributed by atoms with Gasteiger partial charge in [-0.2, -0.15) is 0 Å². The molecule has 0 bridgehead atoms. The van der Waals surface area contributed by atoms with Gasteiger partial charge in [0.2, 0.25) is 5.91 Å². The van der Waals surface area contributed by atoms with Gasteiger partial charge in [0.1, 0.15) is 5.75 Å². The first-order valence-corrected chi connectivity index (χ1v) is 12.3. The largest absolute Gasteiger partial charge is 0.493 e. The quantitative estimate of drug-likeness (QED) is 0.278. The Hall–Kier alpha value is -3.17. The van der Waals surface area contributed by atoms with Crippen LogP contribution < -0.4 is 9.64 Å². The molecule has 2 heterocycles. The Morgan fingerprint density at radius 1 is 1.15 bits per heavy atom. The normalized spacial score (nSPS) is 10.9. The Morgan fingerprint density at radius 2 is 1.97 bits per heavy atom. The summed E-state index contributed by atoms with van der Waals surface area (Å²) in [7, 11) is 0. The fourth-order valence-electron chi connectivity index (χ4n) is 3.29. The molecule has 0 aliphatic carbocycles. The number of nitrogens with zero attached hydrogens (tertiary/aromatic N) is 4. The molecule has 0 aliphatic heterocycles. The lowest BCUT2D eigenvalue weighted by atomic mass is 10.1. The number of hydrogen-bond acceptors (Lipinski definition) is 8. The summed E-state index contributed by atoms with van der Waals surface area (Å²) in [4.78, 5) is 18.8. The summed E-state index contributed by atoms with van der Waals surface area (Å²) in [5.41, 5.74) is 4.64. The summed E-state index contributed by atoms with van der Waals surface area (Å²) in [5.74, 6) is 1.59. The highest BCUT2D eigenvalue weighted by Gasteiger charge is 2.21. The third kappa shape index (κ3) is 5.09. The maximum Gasteiger partial charge on any atom is 0.277 e. The summed E-state index contributed by atoms with van der Waals surface area (Å²) >= 11 is 2.84. The first-order valence-electron chi connectivity index (χ1n) is 10.5. The molecule has 0 N–H and O–H groups in total. The van der Waals surface area contributed by atoms with Crippen molar-refractivity contribution in [2.75, 3.05) is 11.5 Å². The Morgan fingerprint density at radius 3 is 2.76 bits per heavy atom. The van der Waals surface area contributed by atoms with Gasteiger partial charge in [-0.3, -0.25) is 9.69 Å². The van der Waals surface area contributed by atoms with E-state index in [9.17, 15) is 4.79 Å². The Kier molecular flexibility index (Phi) is 7.10. The minimum atomic E-state index is -0.0771. The van der Waals surface area contributed by atoms with Crippen molar-refractivity contribution >= 4 is 39.8 Å². The number of aryl methyl sites for hydroxylation is 1. The number of thiazole rings is 1. The molecule has 170 valence electrons. The molecule has 0 radical (unpaired) electrons. The van der Waals surface area contributed by atoms with E-state index in [4.69, 9.17) is 14.1 Å². The zero-order valence-electron chi connectivity index (χ0n) is 18.9. The van der Waals surface area contributed by atoms with Crippen LogP contribution in [0.1, 0.15) is 30.7 Å². The van der Waals surface area contributed by atoms with E-state index in [-0.39, 0.29) is 5.91 Å². The van der Waals surface area contributed by atoms with Crippen LogP contribution in [-0.4, -0.2) is 27.7 Å². The van der Waals surface area contributed by atoms with Crippen molar-refractivity contribution in [3.05, 3.63) is 64.7 Å². The molecule has 0 atom stereocenters. The fourth-order valence-corrected chi connectivity index (χ4v) is 4.93. The van der Waals surface area contributed by atoms with E-state index < -0.39 is 0 Å². The van der Waals surface area contributed by atoms with Crippen molar-refractivity contribution in [3.8, 4) is 17.2 Å². The lowest BCUT2D eigenvalue weighted by Gasteiger charge is -2.21. The number of thioether (sulfide) groups is 1. The van der Waals surface area contributed by atoms with Gasteiger partial charge in [0.05, 0.1) is 23.6 Å². The highest BCUT2D eigenvalue weighted by molar-refractivity contribution is 7.98.